The van der Waals surface area contributed by atoms with E-state index >= 15 is 0 Å². The zero-order valence-electron chi connectivity index (χ0n) is 11.2. The first-order chi connectivity index (χ1) is 9.08. The summed E-state index contributed by atoms with van der Waals surface area (Å²) in [6.07, 6.45) is 4.49. The molecule has 0 saturated carbocycles. The Morgan fingerprint density at radius 1 is 1.37 bits per heavy atom. The molecule has 1 aromatic carbocycles. The summed E-state index contributed by atoms with van der Waals surface area (Å²) in [5, 5.41) is 8.79. The molecule has 0 radical (unpaired) electrons. The lowest BCUT2D eigenvalue weighted by Crippen LogP contribution is -1.99. The van der Waals surface area contributed by atoms with Crippen LogP contribution >= 0.6 is 0 Å². The van der Waals surface area contributed by atoms with Crippen molar-refractivity contribution < 1.29 is 9.90 Å². The van der Waals surface area contributed by atoms with Gasteiger partial charge in [0.25, 0.3) is 0 Å². The van der Waals surface area contributed by atoms with Crippen molar-refractivity contribution in [3.05, 3.63) is 42.4 Å². The van der Waals surface area contributed by atoms with Crippen LogP contribution in [0, 0.1) is 0 Å². The monoisotopic (exact) mass is 258 g/mol. The van der Waals surface area contributed by atoms with Crippen LogP contribution in [-0.2, 0) is 11.2 Å². The molecule has 4 heteroatoms. The molecule has 0 unspecified atom stereocenters. The highest BCUT2D eigenvalue weighted by atomic mass is 16.4. The van der Waals surface area contributed by atoms with Crippen LogP contribution in [-0.4, -0.2) is 20.6 Å². The average Bonchev–Trinajstić information content (AvgIpc) is 2.86. The van der Waals surface area contributed by atoms with Crippen LogP contribution in [0.3, 0.4) is 0 Å². The number of carboxylic acid groups (broad SMARTS) is 1. The van der Waals surface area contributed by atoms with Crippen LogP contribution in [0.15, 0.2) is 36.8 Å². The van der Waals surface area contributed by atoms with Gasteiger partial charge >= 0.3 is 5.97 Å². The van der Waals surface area contributed by atoms with Crippen molar-refractivity contribution in [2.24, 2.45) is 0 Å². The maximum atomic E-state index is 10.7. The van der Waals surface area contributed by atoms with Crippen LogP contribution in [0.2, 0.25) is 0 Å². The lowest BCUT2D eigenvalue weighted by Gasteiger charge is -2.07. The molecule has 100 valence electrons. The van der Waals surface area contributed by atoms with Gasteiger partial charge in [0, 0.05) is 24.2 Å². The molecule has 0 aliphatic rings. The van der Waals surface area contributed by atoms with Gasteiger partial charge in [0.1, 0.15) is 0 Å². The van der Waals surface area contributed by atoms with Gasteiger partial charge < -0.3 is 9.67 Å². The van der Waals surface area contributed by atoms with E-state index in [9.17, 15) is 4.79 Å². The van der Waals surface area contributed by atoms with Gasteiger partial charge in [-0.1, -0.05) is 24.3 Å². The Hall–Kier alpha value is -2.10. The van der Waals surface area contributed by atoms with Crippen molar-refractivity contribution in [1.82, 2.24) is 9.55 Å². The summed E-state index contributed by atoms with van der Waals surface area (Å²) in [4.78, 5) is 15.1. The minimum Gasteiger partial charge on any atom is -0.481 e. The summed E-state index contributed by atoms with van der Waals surface area (Å²) < 4.78 is 2.04. The zero-order chi connectivity index (χ0) is 13.8. The molecular weight excluding hydrogens is 240 g/mol. The van der Waals surface area contributed by atoms with Crippen LogP contribution in [0.4, 0.5) is 0 Å². The fourth-order valence-electron chi connectivity index (χ4n) is 1.99. The smallest absolute Gasteiger partial charge is 0.303 e. The van der Waals surface area contributed by atoms with E-state index in [0.717, 1.165) is 16.8 Å². The Labute approximate surface area is 112 Å². The molecular formula is C15H18N2O2. The zero-order valence-corrected chi connectivity index (χ0v) is 11.2. The lowest BCUT2D eigenvalue weighted by molar-refractivity contribution is -0.136. The standard InChI is InChI=1S/C15H18N2O2/c1-11(2)17-9-14(16-10-17)13-6-4-3-5-12(13)7-8-15(18)19/h3-6,9-11H,7-8H2,1-2H3,(H,18,19). The van der Waals surface area contributed by atoms with E-state index in [2.05, 4.69) is 18.8 Å². The first-order valence-corrected chi connectivity index (χ1v) is 6.41. The maximum absolute atomic E-state index is 10.7. The van der Waals surface area contributed by atoms with E-state index in [0.29, 0.717) is 12.5 Å². The van der Waals surface area contributed by atoms with E-state index in [1.165, 1.54) is 0 Å². The lowest BCUT2D eigenvalue weighted by atomic mass is 10.0. The fourth-order valence-corrected chi connectivity index (χ4v) is 1.99. The van der Waals surface area contributed by atoms with Gasteiger partial charge in [-0.3, -0.25) is 4.79 Å². The van der Waals surface area contributed by atoms with Gasteiger partial charge in [0.15, 0.2) is 0 Å². The second-order valence-corrected chi connectivity index (χ2v) is 4.85. The van der Waals surface area contributed by atoms with Crippen LogP contribution in [0.25, 0.3) is 11.3 Å². The van der Waals surface area contributed by atoms with Gasteiger partial charge in [-0.15, -0.1) is 0 Å². The molecule has 1 aromatic heterocycles. The Kier molecular flexibility index (Phi) is 4.00. The van der Waals surface area contributed by atoms with E-state index < -0.39 is 5.97 Å². The highest BCUT2D eigenvalue weighted by molar-refractivity contribution is 5.69. The Bertz CT molecular complexity index is 573. The molecule has 2 rings (SSSR count). The number of hydrogen-bond donors (Lipinski definition) is 1. The molecule has 0 aliphatic carbocycles. The fraction of sp³-hybridized carbons (Fsp3) is 0.333. The molecule has 1 heterocycles. The first kappa shape index (κ1) is 13.3. The summed E-state index contributed by atoms with van der Waals surface area (Å²) in [7, 11) is 0. The summed E-state index contributed by atoms with van der Waals surface area (Å²) in [6.45, 7) is 4.20. The third-order valence-corrected chi connectivity index (χ3v) is 3.10. The summed E-state index contributed by atoms with van der Waals surface area (Å²) in [6, 6.07) is 8.21. The predicted molar refractivity (Wildman–Crippen MR) is 74.0 cm³/mol. The summed E-state index contributed by atoms with van der Waals surface area (Å²) in [5.74, 6) is -0.775. The third-order valence-electron chi connectivity index (χ3n) is 3.10. The van der Waals surface area contributed by atoms with Crippen molar-refractivity contribution in [2.45, 2.75) is 32.7 Å². The molecule has 0 amide bonds. The molecule has 4 nitrogen and oxygen atoms in total. The van der Waals surface area contributed by atoms with Gasteiger partial charge in [-0.25, -0.2) is 4.98 Å². The van der Waals surface area contributed by atoms with E-state index in [-0.39, 0.29) is 6.42 Å². The minimum absolute atomic E-state index is 0.141. The topological polar surface area (TPSA) is 55.1 Å². The number of benzene rings is 1. The molecule has 0 bridgehead atoms. The number of imidazole rings is 1. The second kappa shape index (κ2) is 5.69. The van der Waals surface area contributed by atoms with Crippen molar-refractivity contribution in [1.29, 1.82) is 0 Å². The molecule has 2 aromatic rings. The number of aliphatic carboxylic acids is 1. The minimum atomic E-state index is -0.775. The second-order valence-electron chi connectivity index (χ2n) is 4.85. The average molecular weight is 258 g/mol. The van der Waals surface area contributed by atoms with Crippen LogP contribution < -0.4 is 0 Å². The molecule has 0 spiro atoms. The molecule has 0 atom stereocenters. The first-order valence-electron chi connectivity index (χ1n) is 6.41. The molecule has 0 saturated heterocycles. The van der Waals surface area contributed by atoms with Crippen LogP contribution in [0.5, 0.6) is 0 Å². The molecule has 19 heavy (non-hydrogen) atoms. The molecule has 0 aliphatic heterocycles. The van der Waals surface area contributed by atoms with Gasteiger partial charge in [-0.05, 0) is 25.8 Å². The van der Waals surface area contributed by atoms with E-state index in [1.54, 1.807) is 0 Å². The highest BCUT2D eigenvalue weighted by Crippen LogP contribution is 2.24. The van der Waals surface area contributed by atoms with Gasteiger partial charge in [0.05, 0.1) is 12.0 Å². The van der Waals surface area contributed by atoms with Crippen LogP contribution in [0.1, 0.15) is 31.9 Å². The van der Waals surface area contributed by atoms with Crippen molar-refractivity contribution in [3.63, 3.8) is 0 Å². The normalized spacial score (nSPS) is 10.9. The number of rotatable bonds is 5. The molecule has 0 fully saturated rings. The number of aromatic nitrogens is 2. The summed E-state index contributed by atoms with van der Waals surface area (Å²) >= 11 is 0. The third kappa shape index (κ3) is 3.22. The SMILES string of the molecule is CC(C)n1cnc(-c2ccccc2CCC(=O)O)c1. The highest BCUT2D eigenvalue weighted by Gasteiger charge is 2.09. The maximum Gasteiger partial charge on any atom is 0.303 e. The van der Waals surface area contributed by atoms with Crippen molar-refractivity contribution in [2.75, 3.05) is 0 Å². The number of carbonyl (C=O) groups is 1. The number of hydrogen-bond acceptors (Lipinski definition) is 2. The summed E-state index contributed by atoms with van der Waals surface area (Å²) in [5.41, 5.74) is 2.94. The predicted octanol–water partition coefficient (Wildman–Crippen LogP) is 3.15. The largest absolute Gasteiger partial charge is 0.481 e. The number of aryl methyl sites for hydroxylation is 1. The Morgan fingerprint density at radius 2 is 2.11 bits per heavy atom. The van der Waals surface area contributed by atoms with Crippen molar-refractivity contribution >= 4 is 5.97 Å². The van der Waals surface area contributed by atoms with Gasteiger partial charge in [0.2, 0.25) is 0 Å². The van der Waals surface area contributed by atoms with E-state index in [4.69, 9.17) is 5.11 Å². The quantitative estimate of drug-likeness (QED) is 0.896. The van der Waals surface area contributed by atoms with E-state index in [1.807, 2.05) is 41.4 Å². The van der Waals surface area contributed by atoms with Crippen molar-refractivity contribution in [3.8, 4) is 11.3 Å². The number of carboxylic acids is 1. The molecule has 1 N–H and O–H groups in total. The Morgan fingerprint density at radius 3 is 2.74 bits per heavy atom. The van der Waals surface area contributed by atoms with Gasteiger partial charge in [-0.2, -0.15) is 0 Å². The Balaban J connectivity index is 2.30. The number of nitrogens with zero attached hydrogens (tertiary/aromatic N) is 2.